The van der Waals surface area contributed by atoms with E-state index in [2.05, 4.69) is 15.2 Å². The van der Waals surface area contributed by atoms with Crippen LogP contribution in [0.4, 0.5) is 15.9 Å². The summed E-state index contributed by atoms with van der Waals surface area (Å²) in [6.07, 6.45) is 3.13. The van der Waals surface area contributed by atoms with Crippen LogP contribution in [0.3, 0.4) is 0 Å². The fourth-order valence-electron chi connectivity index (χ4n) is 3.85. The highest BCUT2D eigenvalue weighted by molar-refractivity contribution is 5.98. The van der Waals surface area contributed by atoms with Crippen LogP contribution in [0.1, 0.15) is 32.6 Å². The fourth-order valence-corrected chi connectivity index (χ4v) is 3.85. The number of aryl methyl sites for hydroxylation is 1. The molecular formula is C24H24FN3O2. The second kappa shape index (κ2) is 8.63. The maximum absolute atomic E-state index is 13.9. The fraction of sp³-hybridized carbons (Fsp3) is 0.250. The molecule has 2 N–H and O–H groups in total. The summed E-state index contributed by atoms with van der Waals surface area (Å²) in [6, 6.07) is 15.0. The molecule has 0 saturated carbocycles. The van der Waals surface area contributed by atoms with E-state index < -0.39 is 0 Å². The first-order chi connectivity index (χ1) is 14.6. The van der Waals surface area contributed by atoms with Gasteiger partial charge in [0.25, 0.3) is 5.91 Å². The molecule has 0 fully saturated rings. The van der Waals surface area contributed by atoms with Crippen LogP contribution in [0.15, 0.2) is 54.7 Å². The molecular weight excluding hydrogens is 381 g/mol. The van der Waals surface area contributed by atoms with E-state index in [1.165, 1.54) is 0 Å². The minimum atomic E-state index is -0.192. The minimum absolute atomic E-state index is 0.0888. The van der Waals surface area contributed by atoms with E-state index in [1.54, 1.807) is 25.3 Å². The molecule has 30 heavy (non-hydrogen) atoms. The number of anilines is 2. The van der Waals surface area contributed by atoms with E-state index >= 15 is 0 Å². The van der Waals surface area contributed by atoms with Crippen LogP contribution in [0.2, 0.25) is 0 Å². The Labute approximate surface area is 175 Å². The number of nitrogens with zero attached hydrogens (tertiary/aromatic N) is 2. The molecule has 0 radical (unpaired) electrons. The van der Waals surface area contributed by atoms with E-state index in [-0.39, 0.29) is 24.9 Å². The maximum Gasteiger partial charge on any atom is 0.251 e. The Balaban J connectivity index is 1.59. The third-order valence-corrected chi connectivity index (χ3v) is 5.40. The molecule has 0 atom stereocenters. The Morgan fingerprint density at radius 2 is 2.03 bits per heavy atom. The van der Waals surface area contributed by atoms with Crippen molar-refractivity contribution in [1.82, 2.24) is 10.3 Å². The van der Waals surface area contributed by atoms with Gasteiger partial charge in [0.2, 0.25) is 0 Å². The number of hydrogen-bond acceptors (Lipinski definition) is 4. The van der Waals surface area contributed by atoms with E-state index in [0.717, 1.165) is 41.2 Å². The number of rotatable bonds is 6. The molecule has 1 aliphatic rings. The number of carbonyl (C=O) groups excluding carboxylic acids is 1. The van der Waals surface area contributed by atoms with Crippen LogP contribution >= 0.6 is 0 Å². The Kier molecular flexibility index (Phi) is 5.77. The SMILES string of the molecule is Cc1ccc(Cc2ccnc(N3CCc4c(C(=O)NCCO)cccc43)c2)cc1F. The summed E-state index contributed by atoms with van der Waals surface area (Å²) < 4.78 is 13.9. The van der Waals surface area contributed by atoms with Gasteiger partial charge >= 0.3 is 0 Å². The van der Waals surface area contributed by atoms with Gasteiger partial charge in [0.1, 0.15) is 11.6 Å². The van der Waals surface area contributed by atoms with Crippen molar-refractivity contribution in [1.29, 1.82) is 0 Å². The molecule has 1 aliphatic heterocycles. The lowest BCUT2D eigenvalue weighted by atomic mass is 10.0. The number of benzene rings is 2. The van der Waals surface area contributed by atoms with Crippen molar-refractivity contribution >= 4 is 17.4 Å². The van der Waals surface area contributed by atoms with E-state index in [0.29, 0.717) is 17.5 Å². The predicted molar refractivity (Wildman–Crippen MR) is 115 cm³/mol. The van der Waals surface area contributed by atoms with E-state index in [1.807, 2.05) is 36.4 Å². The Morgan fingerprint density at radius 1 is 1.20 bits per heavy atom. The average Bonchev–Trinajstić information content (AvgIpc) is 3.19. The van der Waals surface area contributed by atoms with E-state index in [9.17, 15) is 9.18 Å². The molecule has 4 rings (SSSR count). The largest absolute Gasteiger partial charge is 0.395 e. The van der Waals surface area contributed by atoms with E-state index in [4.69, 9.17) is 5.11 Å². The second-order valence-corrected chi connectivity index (χ2v) is 7.47. The lowest BCUT2D eigenvalue weighted by molar-refractivity contribution is 0.0944. The topological polar surface area (TPSA) is 65.5 Å². The lowest BCUT2D eigenvalue weighted by Crippen LogP contribution is -2.27. The summed E-state index contributed by atoms with van der Waals surface area (Å²) in [6.45, 7) is 2.63. The highest BCUT2D eigenvalue weighted by Gasteiger charge is 2.26. The van der Waals surface area contributed by atoms with Crippen molar-refractivity contribution in [3.8, 4) is 0 Å². The number of carbonyl (C=O) groups is 1. The molecule has 1 amide bonds. The van der Waals surface area contributed by atoms with Crippen LogP contribution in [0.5, 0.6) is 0 Å². The number of hydrogen-bond donors (Lipinski definition) is 2. The second-order valence-electron chi connectivity index (χ2n) is 7.47. The molecule has 2 heterocycles. The molecule has 0 spiro atoms. The van der Waals surface area contributed by atoms with Crippen molar-refractivity contribution in [3.05, 3.63) is 88.4 Å². The first-order valence-electron chi connectivity index (χ1n) is 10.1. The quantitative estimate of drug-likeness (QED) is 0.659. The third kappa shape index (κ3) is 4.04. The third-order valence-electron chi connectivity index (χ3n) is 5.40. The van der Waals surface area contributed by atoms with Gasteiger partial charge in [-0.2, -0.15) is 0 Å². The van der Waals surface area contributed by atoms with Gasteiger partial charge in [0, 0.05) is 30.5 Å². The molecule has 5 nitrogen and oxygen atoms in total. The molecule has 0 aliphatic carbocycles. The average molecular weight is 405 g/mol. The summed E-state index contributed by atoms with van der Waals surface area (Å²) in [5, 5.41) is 11.7. The summed E-state index contributed by atoms with van der Waals surface area (Å²) in [4.78, 5) is 19.1. The van der Waals surface area contributed by atoms with Crippen LogP contribution in [0.25, 0.3) is 0 Å². The Bertz CT molecular complexity index is 1080. The van der Waals surface area contributed by atoms with Gasteiger partial charge in [-0.25, -0.2) is 9.37 Å². The zero-order valence-electron chi connectivity index (χ0n) is 16.9. The predicted octanol–water partition coefficient (Wildman–Crippen LogP) is 3.54. The zero-order chi connectivity index (χ0) is 21.1. The van der Waals surface area contributed by atoms with Crippen molar-refractivity contribution in [2.24, 2.45) is 0 Å². The molecule has 0 bridgehead atoms. The number of amides is 1. The van der Waals surface area contributed by atoms with Crippen LogP contribution < -0.4 is 10.2 Å². The van der Waals surface area contributed by atoms with Crippen molar-refractivity contribution in [2.45, 2.75) is 19.8 Å². The number of aliphatic hydroxyl groups is 1. The molecule has 0 saturated heterocycles. The van der Waals surface area contributed by atoms with Gasteiger partial charge in [-0.1, -0.05) is 18.2 Å². The monoisotopic (exact) mass is 405 g/mol. The molecule has 6 heteroatoms. The Morgan fingerprint density at radius 3 is 2.83 bits per heavy atom. The summed E-state index contributed by atoms with van der Waals surface area (Å²) in [7, 11) is 0. The van der Waals surface area contributed by atoms with Crippen molar-refractivity contribution < 1.29 is 14.3 Å². The summed E-state index contributed by atoms with van der Waals surface area (Å²) >= 11 is 0. The molecule has 154 valence electrons. The molecule has 0 unspecified atom stereocenters. The van der Waals surface area contributed by atoms with Crippen LogP contribution in [-0.4, -0.2) is 35.7 Å². The van der Waals surface area contributed by atoms with Crippen LogP contribution in [0, 0.1) is 12.7 Å². The summed E-state index contributed by atoms with van der Waals surface area (Å²) in [5.74, 6) is 0.444. The number of pyridine rings is 1. The van der Waals surface area contributed by atoms with Gasteiger partial charge in [-0.3, -0.25) is 4.79 Å². The highest BCUT2D eigenvalue weighted by atomic mass is 19.1. The number of halogens is 1. The number of nitrogens with one attached hydrogen (secondary N) is 1. The van der Waals surface area contributed by atoms with Gasteiger partial charge in [0.05, 0.1) is 6.61 Å². The normalized spacial score (nSPS) is 12.7. The smallest absolute Gasteiger partial charge is 0.251 e. The van der Waals surface area contributed by atoms with Crippen molar-refractivity contribution in [2.75, 3.05) is 24.6 Å². The molecule has 1 aromatic heterocycles. The minimum Gasteiger partial charge on any atom is -0.395 e. The first-order valence-corrected chi connectivity index (χ1v) is 10.1. The number of fused-ring (bicyclic) bond motifs is 1. The van der Waals surface area contributed by atoms with Gasteiger partial charge in [-0.15, -0.1) is 0 Å². The van der Waals surface area contributed by atoms with Crippen LogP contribution in [-0.2, 0) is 12.8 Å². The molecule has 2 aromatic carbocycles. The summed E-state index contributed by atoms with van der Waals surface area (Å²) in [5.41, 5.74) is 5.20. The molecule has 3 aromatic rings. The lowest BCUT2D eigenvalue weighted by Gasteiger charge is -2.19. The maximum atomic E-state index is 13.9. The first kappa shape index (κ1) is 20.0. The van der Waals surface area contributed by atoms with Gasteiger partial charge < -0.3 is 15.3 Å². The van der Waals surface area contributed by atoms with Crippen molar-refractivity contribution in [3.63, 3.8) is 0 Å². The number of aliphatic hydroxyl groups excluding tert-OH is 1. The van der Waals surface area contributed by atoms with Gasteiger partial charge in [-0.05, 0) is 72.4 Å². The number of aromatic nitrogens is 1. The van der Waals surface area contributed by atoms with Gasteiger partial charge in [0.15, 0.2) is 0 Å². The zero-order valence-corrected chi connectivity index (χ0v) is 16.9. The highest BCUT2D eigenvalue weighted by Crippen LogP contribution is 2.35. The standard InChI is InChI=1S/C24H24FN3O2/c1-16-5-6-17(14-21(16)25)13-18-7-9-26-23(15-18)28-11-8-19-20(3-2-4-22(19)28)24(30)27-10-12-29/h2-7,9,14-15,29H,8,10-13H2,1H3,(H,27,30). The Hall–Kier alpha value is -3.25.